The number of rotatable bonds is 5. The smallest absolute Gasteiger partial charge is 0.258 e. The Morgan fingerprint density at radius 1 is 1.59 bits per heavy atom. The van der Waals surface area contributed by atoms with E-state index in [1.54, 1.807) is 0 Å². The van der Waals surface area contributed by atoms with Crippen LogP contribution in [-0.2, 0) is 4.79 Å². The molecule has 1 unspecified atom stereocenters. The summed E-state index contributed by atoms with van der Waals surface area (Å²) in [6, 6.07) is 4.39. The number of halogens is 2. The molecule has 0 aliphatic rings. The molecule has 0 bridgehead atoms. The minimum absolute atomic E-state index is 0.0671. The summed E-state index contributed by atoms with van der Waals surface area (Å²) in [7, 11) is 0. The van der Waals surface area contributed by atoms with E-state index in [4.69, 9.17) is 4.74 Å². The van der Waals surface area contributed by atoms with Crippen molar-refractivity contribution in [2.45, 2.75) is 26.3 Å². The molecule has 1 aromatic rings. The first-order valence-corrected chi connectivity index (χ1v) is 6.19. The van der Waals surface area contributed by atoms with Crippen LogP contribution in [0.2, 0.25) is 0 Å². The summed E-state index contributed by atoms with van der Waals surface area (Å²) in [5, 5.41) is 2.78. The summed E-state index contributed by atoms with van der Waals surface area (Å²) in [5.41, 5.74) is 0. The van der Waals surface area contributed by atoms with Gasteiger partial charge in [0.05, 0.1) is 4.47 Å². The number of ether oxygens (including phenoxy) is 1. The minimum atomic E-state index is -0.360. The highest BCUT2D eigenvalue weighted by atomic mass is 79.9. The molecule has 0 aromatic heterocycles. The molecule has 1 aromatic carbocycles. The van der Waals surface area contributed by atoms with Crippen LogP contribution in [0, 0.1) is 5.82 Å². The maximum Gasteiger partial charge on any atom is 0.258 e. The van der Waals surface area contributed by atoms with Crippen LogP contribution in [0.15, 0.2) is 22.7 Å². The van der Waals surface area contributed by atoms with E-state index < -0.39 is 0 Å². The maximum atomic E-state index is 12.9. The van der Waals surface area contributed by atoms with E-state index in [1.807, 2.05) is 13.8 Å². The molecule has 3 nitrogen and oxygen atoms in total. The second-order valence-corrected chi connectivity index (χ2v) is 4.60. The van der Waals surface area contributed by atoms with Gasteiger partial charge in [0.2, 0.25) is 0 Å². The van der Waals surface area contributed by atoms with Crippen LogP contribution in [0.1, 0.15) is 20.3 Å². The van der Waals surface area contributed by atoms with Crippen molar-refractivity contribution in [1.29, 1.82) is 0 Å². The first-order chi connectivity index (χ1) is 8.02. The topological polar surface area (TPSA) is 38.3 Å². The van der Waals surface area contributed by atoms with Crippen molar-refractivity contribution < 1.29 is 13.9 Å². The summed E-state index contributed by atoms with van der Waals surface area (Å²) in [4.78, 5) is 11.4. The quantitative estimate of drug-likeness (QED) is 0.908. The van der Waals surface area contributed by atoms with Crippen molar-refractivity contribution in [2.24, 2.45) is 0 Å². The molecule has 1 atom stereocenters. The van der Waals surface area contributed by atoms with Gasteiger partial charge in [0.25, 0.3) is 5.91 Å². The van der Waals surface area contributed by atoms with E-state index in [9.17, 15) is 9.18 Å². The maximum absolute atomic E-state index is 12.9. The van der Waals surface area contributed by atoms with Gasteiger partial charge in [0.1, 0.15) is 11.6 Å². The summed E-state index contributed by atoms with van der Waals surface area (Å²) in [6.45, 7) is 3.84. The Bertz CT molecular complexity index is 398. The van der Waals surface area contributed by atoms with Gasteiger partial charge < -0.3 is 10.1 Å². The van der Waals surface area contributed by atoms with Gasteiger partial charge in [-0.25, -0.2) is 4.39 Å². The normalized spacial score (nSPS) is 12.0. The van der Waals surface area contributed by atoms with E-state index in [0.717, 1.165) is 6.42 Å². The molecule has 0 aliphatic carbocycles. The van der Waals surface area contributed by atoms with Gasteiger partial charge in [-0.3, -0.25) is 4.79 Å². The largest absolute Gasteiger partial charge is 0.484 e. The monoisotopic (exact) mass is 303 g/mol. The third kappa shape index (κ3) is 4.73. The molecule has 0 aliphatic heterocycles. The van der Waals surface area contributed by atoms with Crippen LogP contribution in [0.25, 0.3) is 0 Å². The molecule has 0 radical (unpaired) electrons. The number of hydrogen-bond donors (Lipinski definition) is 1. The Hall–Kier alpha value is -1.10. The SMILES string of the molecule is CCC(C)NC(=O)COc1ccc(F)c(Br)c1. The average Bonchev–Trinajstić information content (AvgIpc) is 2.30. The first-order valence-electron chi connectivity index (χ1n) is 5.40. The fourth-order valence-electron chi connectivity index (χ4n) is 1.13. The highest BCUT2D eigenvalue weighted by Gasteiger charge is 2.07. The van der Waals surface area contributed by atoms with E-state index in [2.05, 4.69) is 21.2 Å². The van der Waals surface area contributed by atoms with E-state index in [-0.39, 0.29) is 24.4 Å². The number of benzene rings is 1. The lowest BCUT2D eigenvalue weighted by Gasteiger charge is -2.12. The van der Waals surface area contributed by atoms with Gasteiger partial charge in [-0.2, -0.15) is 0 Å². The molecule has 17 heavy (non-hydrogen) atoms. The summed E-state index contributed by atoms with van der Waals surface area (Å²) in [6.07, 6.45) is 0.869. The summed E-state index contributed by atoms with van der Waals surface area (Å²) >= 11 is 3.05. The lowest BCUT2D eigenvalue weighted by atomic mass is 10.2. The number of nitrogens with one attached hydrogen (secondary N) is 1. The van der Waals surface area contributed by atoms with E-state index in [0.29, 0.717) is 10.2 Å². The fraction of sp³-hybridized carbons (Fsp3) is 0.417. The number of hydrogen-bond acceptors (Lipinski definition) is 2. The molecule has 0 spiro atoms. The zero-order chi connectivity index (χ0) is 12.8. The van der Waals surface area contributed by atoms with Gasteiger partial charge in [-0.05, 0) is 47.5 Å². The van der Waals surface area contributed by atoms with Crippen LogP contribution in [0.3, 0.4) is 0 Å². The third-order valence-corrected chi connectivity index (χ3v) is 2.89. The standard InChI is InChI=1S/C12H15BrFNO2/c1-3-8(2)15-12(16)7-17-9-4-5-11(14)10(13)6-9/h4-6,8H,3,7H2,1-2H3,(H,15,16). The summed E-state index contributed by atoms with van der Waals surface area (Å²) < 4.78 is 18.5. The van der Waals surface area contributed by atoms with Crippen molar-refractivity contribution in [1.82, 2.24) is 5.32 Å². The molecular formula is C12H15BrFNO2. The number of amides is 1. The van der Waals surface area contributed by atoms with Crippen molar-refractivity contribution in [3.05, 3.63) is 28.5 Å². The first kappa shape index (κ1) is 14.0. The van der Waals surface area contributed by atoms with E-state index >= 15 is 0 Å². The molecule has 0 heterocycles. The fourth-order valence-corrected chi connectivity index (χ4v) is 1.49. The molecule has 1 N–H and O–H groups in total. The summed E-state index contributed by atoms with van der Waals surface area (Å²) in [5.74, 6) is -0.0845. The van der Waals surface area contributed by atoms with Crippen LogP contribution in [0.5, 0.6) is 5.75 Å². The minimum Gasteiger partial charge on any atom is -0.484 e. The Morgan fingerprint density at radius 3 is 2.88 bits per heavy atom. The predicted molar refractivity (Wildman–Crippen MR) is 67.5 cm³/mol. The van der Waals surface area contributed by atoms with Crippen LogP contribution >= 0.6 is 15.9 Å². The van der Waals surface area contributed by atoms with Gasteiger partial charge in [0, 0.05) is 6.04 Å². The second kappa shape index (κ2) is 6.59. The van der Waals surface area contributed by atoms with Crippen molar-refractivity contribution in [2.75, 3.05) is 6.61 Å². The van der Waals surface area contributed by atoms with E-state index in [1.165, 1.54) is 18.2 Å². The highest BCUT2D eigenvalue weighted by Crippen LogP contribution is 2.21. The number of carbonyl (C=O) groups is 1. The zero-order valence-corrected chi connectivity index (χ0v) is 11.4. The Labute approximate surface area is 108 Å². The molecule has 0 fully saturated rings. The lowest BCUT2D eigenvalue weighted by Crippen LogP contribution is -2.35. The molecule has 1 amide bonds. The van der Waals surface area contributed by atoms with Crippen LogP contribution < -0.4 is 10.1 Å². The molecule has 0 saturated heterocycles. The van der Waals surface area contributed by atoms with Gasteiger partial charge in [0.15, 0.2) is 6.61 Å². The van der Waals surface area contributed by atoms with Gasteiger partial charge in [-0.15, -0.1) is 0 Å². The molecule has 1 rings (SSSR count). The second-order valence-electron chi connectivity index (χ2n) is 3.74. The highest BCUT2D eigenvalue weighted by molar-refractivity contribution is 9.10. The van der Waals surface area contributed by atoms with Crippen molar-refractivity contribution >= 4 is 21.8 Å². The Balaban J connectivity index is 2.45. The van der Waals surface area contributed by atoms with Crippen molar-refractivity contribution in [3.8, 4) is 5.75 Å². The van der Waals surface area contributed by atoms with Crippen LogP contribution in [-0.4, -0.2) is 18.6 Å². The van der Waals surface area contributed by atoms with Crippen molar-refractivity contribution in [3.63, 3.8) is 0 Å². The molecule has 5 heteroatoms. The predicted octanol–water partition coefficient (Wildman–Crippen LogP) is 2.88. The molecule has 0 saturated carbocycles. The van der Waals surface area contributed by atoms with Gasteiger partial charge in [-0.1, -0.05) is 6.92 Å². The lowest BCUT2D eigenvalue weighted by molar-refractivity contribution is -0.123. The van der Waals surface area contributed by atoms with Crippen LogP contribution in [0.4, 0.5) is 4.39 Å². The molecular weight excluding hydrogens is 289 g/mol. The van der Waals surface area contributed by atoms with Gasteiger partial charge >= 0.3 is 0 Å². The molecule has 94 valence electrons. The Morgan fingerprint density at radius 2 is 2.29 bits per heavy atom. The third-order valence-electron chi connectivity index (χ3n) is 2.28. The zero-order valence-electron chi connectivity index (χ0n) is 9.80. The average molecular weight is 304 g/mol. The Kier molecular flexibility index (Phi) is 5.41. The number of carbonyl (C=O) groups excluding carboxylic acids is 1.